The van der Waals surface area contributed by atoms with E-state index in [9.17, 15) is 14.7 Å². The molecule has 2 aromatic carbocycles. The normalized spacial score (nSPS) is 9.26. The van der Waals surface area contributed by atoms with E-state index >= 15 is 0 Å². The minimum absolute atomic E-state index is 0. The van der Waals surface area contributed by atoms with Gasteiger partial charge in [0.25, 0.3) is 5.91 Å². The van der Waals surface area contributed by atoms with Crippen molar-refractivity contribution in [3.05, 3.63) is 65.7 Å². The molecular formula is C14H10KNO3. The van der Waals surface area contributed by atoms with E-state index in [-0.39, 0.29) is 68.5 Å². The molecule has 0 radical (unpaired) electrons. The third kappa shape index (κ3) is 4.26. The van der Waals surface area contributed by atoms with Crippen LogP contribution in [0.1, 0.15) is 20.7 Å². The average molecular weight is 279 g/mol. The predicted octanol–water partition coefficient (Wildman–Crippen LogP) is -1.69. The number of benzene rings is 2. The SMILES string of the molecule is O=C(Nc1ccccc1C(=O)[O-])c1ccccc1.[K+]. The quantitative estimate of drug-likeness (QED) is 0.681. The molecule has 0 unspecified atom stereocenters. The van der Waals surface area contributed by atoms with Gasteiger partial charge in [0.05, 0.1) is 11.7 Å². The maximum Gasteiger partial charge on any atom is 1.00 e. The maximum atomic E-state index is 11.9. The van der Waals surface area contributed by atoms with Crippen molar-refractivity contribution in [2.45, 2.75) is 0 Å². The Morgan fingerprint density at radius 2 is 1.47 bits per heavy atom. The fourth-order valence-electron chi connectivity index (χ4n) is 1.55. The van der Waals surface area contributed by atoms with Gasteiger partial charge >= 0.3 is 51.4 Å². The number of nitrogens with one attached hydrogen (secondary N) is 1. The third-order valence-electron chi connectivity index (χ3n) is 2.43. The Hall–Kier alpha value is -0.984. The predicted molar refractivity (Wildman–Crippen MR) is 65.2 cm³/mol. The van der Waals surface area contributed by atoms with Crippen LogP contribution in [-0.4, -0.2) is 11.9 Å². The summed E-state index contributed by atoms with van der Waals surface area (Å²) in [5.74, 6) is -1.68. The molecule has 0 saturated heterocycles. The molecule has 5 heteroatoms. The van der Waals surface area contributed by atoms with Crippen LogP contribution in [0.3, 0.4) is 0 Å². The van der Waals surface area contributed by atoms with E-state index in [1.165, 1.54) is 12.1 Å². The smallest absolute Gasteiger partial charge is 0.545 e. The number of carboxylic acids is 1. The zero-order chi connectivity index (χ0) is 13.0. The van der Waals surface area contributed by atoms with E-state index in [1.807, 2.05) is 0 Å². The Morgan fingerprint density at radius 3 is 2.11 bits per heavy atom. The first kappa shape index (κ1) is 16.1. The van der Waals surface area contributed by atoms with Gasteiger partial charge in [-0.3, -0.25) is 4.79 Å². The van der Waals surface area contributed by atoms with Gasteiger partial charge in [-0.2, -0.15) is 0 Å². The Morgan fingerprint density at radius 1 is 0.895 bits per heavy atom. The summed E-state index contributed by atoms with van der Waals surface area (Å²) in [5, 5.41) is 13.4. The number of hydrogen-bond donors (Lipinski definition) is 1. The fraction of sp³-hybridized carbons (Fsp3) is 0. The molecule has 2 aromatic rings. The van der Waals surface area contributed by atoms with Gasteiger partial charge in [0.1, 0.15) is 0 Å². The summed E-state index contributed by atoms with van der Waals surface area (Å²) < 4.78 is 0. The summed E-state index contributed by atoms with van der Waals surface area (Å²) in [4.78, 5) is 22.7. The Bertz CT molecular complexity index is 584. The van der Waals surface area contributed by atoms with Crippen LogP contribution in [0.25, 0.3) is 0 Å². The molecule has 2 rings (SSSR count). The molecule has 0 fully saturated rings. The van der Waals surface area contributed by atoms with Gasteiger partial charge in [0.15, 0.2) is 0 Å². The van der Waals surface area contributed by atoms with E-state index in [4.69, 9.17) is 0 Å². The molecule has 0 atom stereocenters. The van der Waals surface area contributed by atoms with Crippen LogP contribution >= 0.6 is 0 Å². The number of carbonyl (C=O) groups is 2. The molecule has 0 bridgehead atoms. The van der Waals surface area contributed by atoms with Crippen molar-refractivity contribution in [3.63, 3.8) is 0 Å². The number of para-hydroxylation sites is 1. The van der Waals surface area contributed by atoms with Crippen LogP contribution in [0, 0.1) is 0 Å². The van der Waals surface area contributed by atoms with Crippen LogP contribution in [0.2, 0.25) is 0 Å². The van der Waals surface area contributed by atoms with Gasteiger partial charge in [-0.1, -0.05) is 36.4 Å². The molecule has 19 heavy (non-hydrogen) atoms. The van der Waals surface area contributed by atoms with E-state index in [0.29, 0.717) is 5.56 Å². The molecule has 1 amide bonds. The Kier molecular flexibility index (Phi) is 6.40. The number of hydrogen-bond acceptors (Lipinski definition) is 3. The summed E-state index contributed by atoms with van der Waals surface area (Å²) in [6.07, 6.45) is 0. The van der Waals surface area contributed by atoms with Crippen LogP contribution in [-0.2, 0) is 0 Å². The zero-order valence-electron chi connectivity index (χ0n) is 10.4. The molecule has 0 saturated carbocycles. The zero-order valence-corrected chi connectivity index (χ0v) is 13.5. The molecular weight excluding hydrogens is 269 g/mol. The average Bonchev–Trinajstić information content (AvgIpc) is 2.40. The van der Waals surface area contributed by atoms with Crippen molar-refractivity contribution in [1.29, 1.82) is 0 Å². The number of rotatable bonds is 3. The van der Waals surface area contributed by atoms with Crippen molar-refractivity contribution in [3.8, 4) is 0 Å². The molecule has 1 N–H and O–H groups in total. The summed E-state index contributed by atoms with van der Waals surface area (Å²) in [6, 6.07) is 14.7. The van der Waals surface area contributed by atoms with E-state index < -0.39 is 5.97 Å². The first-order valence-corrected chi connectivity index (χ1v) is 5.35. The number of amides is 1. The van der Waals surface area contributed by atoms with Gasteiger partial charge in [0.2, 0.25) is 0 Å². The summed E-state index contributed by atoms with van der Waals surface area (Å²) in [6.45, 7) is 0. The molecule has 0 aliphatic heterocycles. The number of aromatic carboxylic acids is 1. The molecule has 0 heterocycles. The number of carbonyl (C=O) groups excluding carboxylic acids is 2. The van der Waals surface area contributed by atoms with Crippen molar-refractivity contribution >= 4 is 17.6 Å². The van der Waals surface area contributed by atoms with Crippen molar-refractivity contribution in [1.82, 2.24) is 0 Å². The molecule has 0 spiro atoms. The first-order chi connectivity index (χ1) is 8.68. The van der Waals surface area contributed by atoms with Gasteiger partial charge in [-0.05, 0) is 18.2 Å². The summed E-state index contributed by atoms with van der Waals surface area (Å²) >= 11 is 0. The standard InChI is InChI=1S/C14H11NO3.K/c16-13(10-6-2-1-3-7-10)15-12-9-5-4-8-11(12)14(17)18;/h1-9H,(H,15,16)(H,17,18);/q;+1/p-1. The second kappa shape index (κ2) is 7.57. The minimum atomic E-state index is -1.32. The van der Waals surface area contributed by atoms with Crippen LogP contribution in [0.5, 0.6) is 0 Å². The summed E-state index contributed by atoms with van der Waals surface area (Å²) in [7, 11) is 0. The van der Waals surface area contributed by atoms with Crippen molar-refractivity contribution in [2.75, 3.05) is 5.32 Å². The Labute approximate surface area is 153 Å². The van der Waals surface area contributed by atoms with Crippen molar-refractivity contribution in [2.24, 2.45) is 0 Å². The van der Waals surface area contributed by atoms with E-state index in [2.05, 4.69) is 5.32 Å². The minimum Gasteiger partial charge on any atom is -0.545 e. The second-order valence-corrected chi connectivity index (χ2v) is 3.65. The molecule has 0 aliphatic rings. The van der Waals surface area contributed by atoms with E-state index in [1.54, 1.807) is 42.5 Å². The van der Waals surface area contributed by atoms with Crippen LogP contribution < -0.4 is 61.8 Å². The third-order valence-corrected chi connectivity index (χ3v) is 2.43. The van der Waals surface area contributed by atoms with Crippen LogP contribution in [0.4, 0.5) is 5.69 Å². The molecule has 4 nitrogen and oxygen atoms in total. The van der Waals surface area contributed by atoms with Gasteiger partial charge in [0, 0.05) is 11.1 Å². The number of carboxylic acid groups (broad SMARTS) is 1. The van der Waals surface area contributed by atoms with Gasteiger partial charge in [-0.25, -0.2) is 0 Å². The van der Waals surface area contributed by atoms with E-state index in [0.717, 1.165) is 0 Å². The van der Waals surface area contributed by atoms with Crippen LogP contribution in [0.15, 0.2) is 54.6 Å². The molecule has 90 valence electrons. The number of anilines is 1. The summed E-state index contributed by atoms with van der Waals surface area (Å²) in [5.41, 5.74) is 0.652. The topological polar surface area (TPSA) is 69.2 Å². The Balaban J connectivity index is 0.00000180. The van der Waals surface area contributed by atoms with Gasteiger partial charge in [-0.15, -0.1) is 0 Å². The first-order valence-electron chi connectivity index (χ1n) is 5.35. The molecule has 0 aromatic heterocycles. The molecule has 0 aliphatic carbocycles. The van der Waals surface area contributed by atoms with Crippen molar-refractivity contribution < 1.29 is 66.1 Å². The second-order valence-electron chi connectivity index (χ2n) is 3.65. The monoisotopic (exact) mass is 279 g/mol. The largest absolute Gasteiger partial charge is 1.00 e. The van der Waals surface area contributed by atoms with Gasteiger partial charge < -0.3 is 15.2 Å². The maximum absolute atomic E-state index is 11.9. The fourth-order valence-corrected chi connectivity index (χ4v) is 1.55.